The number of nitrogens with one attached hydrogen (secondary N) is 1. The highest BCUT2D eigenvalue weighted by atomic mass is 16.5. The summed E-state index contributed by atoms with van der Waals surface area (Å²) in [5.74, 6) is 2.05. The van der Waals surface area contributed by atoms with E-state index in [2.05, 4.69) is 41.1 Å². The van der Waals surface area contributed by atoms with Crippen molar-refractivity contribution in [2.75, 3.05) is 27.2 Å². The summed E-state index contributed by atoms with van der Waals surface area (Å²) >= 11 is 0. The number of aromatic nitrogens is 2. The Kier molecular flexibility index (Phi) is 5.31. The molecule has 0 saturated carbocycles. The van der Waals surface area contributed by atoms with Crippen molar-refractivity contribution in [2.45, 2.75) is 45.3 Å². The third kappa shape index (κ3) is 3.90. The van der Waals surface area contributed by atoms with Crippen molar-refractivity contribution < 1.29 is 4.74 Å². The molecule has 1 N–H and O–H groups in total. The van der Waals surface area contributed by atoms with Crippen LogP contribution in [0, 0.1) is 0 Å². The van der Waals surface area contributed by atoms with Gasteiger partial charge in [0.2, 0.25) is 0 Å². The molecule has 1 aliphatic rings. The molecule has 0 amide bonds. The van der Waals surface area contributed by atoms with Gasteiger partial charge in [-0.15, -0.1) is 0 Å². The van der Waals surface area contributed by atoms with Crippen LogP contribution in [0.1, 0.15) is 44.1 Å². The van der Waals surface area contributed by atoms with Crippen LogP contribution in [-0.2, 0) is 6.54 Å². The monoisotopic (exact) mass is 278 g/mol. The van der Waals surface area contributed by atoms with Gasteiger partial charge in [0.15, 0.2) is 5.75 Å². The second-order valence-electron chi connectivity index (χ2n) is 5.84. The molecule has 20 heavy (non-hydrogen) atoms. The Morgan fingerprint density at radius 2 is 2.10 bits per heavy atom. The number of hydrogen-bond acceptors (Lipinski definition) is 5. The number of rotatable bonds is 5. The second-order valence-corrected chi connectivity index (χ2v) is 5.84. The third-order valence-electron chi connectivity index (χ3n) is 3.67. The maximum Gasteiger partial charge on any atom is 0.160 e. The molecule has 5 heteroatoms. The highest BCUT2D eigenvalue weighted by Gasteiger charge is 2.20. The average molecular weight is 278 g/mol. The summed E-state index contributed by atoms with van der Waals surface area (Å²) in [5, 5.41) is 3.16. The fourth-order valence-electron chi connectivity index (χ4n) is 2.37. The summed E-state index contributed by atoms with van der Waals surface area (Å²) in [6, 6.07) is 0. The molecule has 1 aromatic heterocycles. The standard InChI is InChI=1S/C15H26N4O/c1-11(2)15-17-10-14(13(18-15)9-16-3)20-12-5-7-19(4)8-6-12/h10-12,16H,5-9H2,1-4H3. The number of nitrogens with zero attached hydrogens (tertiary/aromatic N) is 3. The normalized spacial score (nSPS) is 17.6. The summed E-state index contributed by atoms with van der Waals surface area (Å²) in [6.07, 6.45) is 4.27. The van der Waals surface area contributed by atoms with Gasteiger partial charge in [0.1, 0.15) is 11.9 Å². The van der Waals surface area contributed by atoms with E-state index < -0.39 is 0 Å². The van der Waals surface area contributed by atoms with Gasteiger partial charge in [-0.3, -0.25) is 0 Å². The van der Waals surface area contributed by atoms with Gasteiger partial charge < -0.3 is 15.0 Å². The first-order valence-electron chi connectivity index (χ1n) is 7.45. The third-order valence-corrected chi connectivity index (χ3v) is 3.67. The molecule has 2 heterocycles. The zero-order valence-electron chi connectivity index (χ0n) is 13.0. The lowest BCUT2D eigenvalue weighted by molar-refractivity contribution is 0.112. The fraction of sp³-hybridized carbons (Fsp3) is 0.733. The molecule has 1 aromatic rings. The maximum absolute atomic E-state index is 6.13. The molecular formula is C15H26N4O. The molecule has 0 atom stereocenters. The number of hydrogen-bond donors (Lipinski definition) is 1. The van der Waals surface area contributed by atoms with Crippen molar-refractivity contribution in [3.8, 4) is 5.75 Å². The van der Waals surface area contributed by atoms with E-state index in [9.17, 15) is 0 Å². The van der Waals surface area contributed by atoms with Crippen molar-refractivity contribution in [3.63, 3.8) is 0 Å². The first kappa shape index (κ1) is 15.2. The molecule has 112 valence electrons. The van der Waals surface area contributed by atoms with Crippen LogP contribution in [0.5, 0.6) is 5.75 Å². The van der Waals surface area contributed by atoms with Crippen LogP contribution in [0.2, 0.25) is 0 Å². The van der Waals surface area contributed by atoms with Gasteiger partial charge in [-0.1, -0.05) is 13.8 Å². The highest BCUT2D eigenvalue weighted by Crippen LogP contribution is 2.22. The molecule has 0 aliphatic carbocycles. The zero-order valence-corrected chi connectivity index (χ0v) is 13.0. The van der Waals surface area contributed by atoms with Crippen LogP contribution in [0.3, 0.4) is 0 Å². The van der Waals surface area contributed by atoms with Crippen molar-refractivity contribution >= 4 is 0 Å². The fourth-order valence-corrected chi connectivity index (χ4v) is 2.37. The van der Waals surface area contributed by atoms with Gasteiger partial charge in [-0.25, -0.2) is 9.97 Å². The largest absolute Gasteiger partial charge is 0.487 e. The van der Waals surface area contributed by atoms with Crippen LogP contribution >= 0.6 is 0 Å². The predicted molar refractivity (Wildman–Crippen MR) is 80.0 cm³/mol. The Balaban J connectivity index is 2.09. The van der Waals surface area contributed by atoms with E-state index in [1.54, 1.807) is 0 Å². The Labute approximate surface area is 121 Å². The quantitative estimate of drug-likeness (QED) is 0.890. The van der Waals surface area contributed by atoms with Gasteiger partial charge >= 0.3 is 0 Å². The van der Waals surface area contributed by atoms with E-state index in [1.807, 2.05) is 13.2 Å². The number of likely N-dealkylation sites (tertiary alicyclic amines) is 1. The van der Waals surface area contributed by atoms with E-state index in [1.165, 1.54) is 0 Å². The van der Waals surface area contributed by atoms with Crippen molar-refractivity contribution in [2.24, 2.45) is 0 Å². The first-order chi connectivity index (χ1) is 9.60. The average Bonchev–Trinajstić information content (AvgIpc) is 2.43. The molecule has 0 radical (unpaired) electrons. The lowest BCUT2D eigenvalue weighted by Gasteiger charge is -2.29. The van der Waals surface area contributed by atoms with Crippen molar-refractivity contribution in [1.29, 1.82) is 0 Å². The van der Waals surface area contributed by atoms with Crippen LogP contribution in [0.25, 0.3) is 0 Å². The molecule has 1 saturated heterocycles. The highest BCUT2D eigenvalue weighted by molar-refractivity contribution is 5.25. The molecule has 2 rings (SSSR count). The Bertz CT molecular complexity index is 428. The lowest BCUT2D eigenvalue weighted by Crippen LogP contribution is -2.36. The zero-order chi connectivity index (χ0) is 14.5. The SMILES string of the molecule is CNCc1nc(C(C)C)ncc1OC1CCN(C)CC1. The van der Waals surface area contributed by atoms with Gasteiger partial charge in [0.05, 0.1) is 11.9 Å². The van der Waals surface area contributed by atoms with Crippen LogP contribution in [0.4, 0.5) is 0 Å². The Morgan fingerprint density at radius 1 is 1.40 bits per heavy atom. The number of ether oxygens (including phenoxy) is 1. The smallest absolute Gasteiger partial charge is 0.160 e. The molecule has 5 nitrogen and oxygen atoms in total. The van der Waals surface area contributed by atoms with Gasteiger partial charge in [0.25, 0.3) is 0 Å². The topological polar surface area (TPSA) is 50.3 Å². The minimum Gasteiger partial charge on any atom is -0.487 e. The van der Waals surface area contributed by atoms with Crippen LogP contribution in [-0.4, -0.2) is 48.2 Å². The minimum atomic E-state index is 0.287. The second kappa shape index (κ2) is 6.99. The molecule has 0 bridgehead atoms. The predicted octanol–water partition coefficient (Wildman–Crippen LogP) is 1.79. The lowest BCUT2D eigenvalue weighted by atomic mass is 10.1. The van der Waals surface area contributed by atoms with Crippen LogP contribution in [0.15, 0.2) is 6.20 Å². The minimum absolute atomic E-state index is 0.287. The summed E-state index contributed by atoms with van der Waals surface area (Å²) in [6.45, 7) is 7.12. The molecular weight excluding hydrogens is 252 g/mol. The van der Waals surface area contributed by atoms with Gasteiger partial charge in [-0.2, -0.15) is 0 Å². The van der Waals surface area contributed by atoms with Gasteiger partial charge in [-0.05, 0) is 26.9 Å². The summed E-state index contributed by atoms with van der Waals surface area (Å²) in [5.41, 5.74) is 0.963. The van der Waals surface area contributed by atoms with Crippen LogP contribution < -0.4 is 10.1 Å². The Morgan fingerprint density at radius 3 is 2.70 bits per heavy atom. The van der Waals surface area contributed by atoms with E-state index in [0.29, 0.717) is 12.5 Å². The molecule has 1 aliphatic heterocycles. The summed E-state index contributed by atoms with van der Waals surface area (Å²) < 4.78 is 6.13. The van der Waals surface area contributed by atoms with Crippen molar-refractivity contribution in [1.82, 2.24) is 20.2 Å². The first-order valence-corrected chi connectivity index (χ1v) is 7.45. The molecule has 1 fully saturated rings. The summed E-state index contributed by atoms with van der Waals surface area (Å²) in [4.78, 5) is 11.4. The van der Waals surface area contributed by atoms with E-state index >= 15 is 0 Å². The molecule has 0 unspecified atom stereocenters. The summed E-state index contributed by atoms with van der Waals surface area (Å²) in [7, 11) is 4.08. The maximum atomic E-state index is 6.13. The van der Waals surface area contributed by atoms with E-state index in [-0.39, 0.29) is 6.10 Å². The van der Waals surface area contributed by atoms with E-state index in [4.69, 9.17) is 4.74 Å². The van der Waals surface area contributed by atoms with Crippen molar-refractivity contribution in [3.05, 3.63) is 17.7 Å². The molecule has 0 spiro atoms. The molecule has 0 aromatic carbocycles. The number of piperidine rings is 1. The Hall–Kier alpha value is -1.20. The van der Waals surface area contributed by atoms with Gasteiger partial charge in [0, 0.05) is 25.6 Å². The van der Waals surface area contributed by atoms with E-state index in [0.717, 1.165) is 43.2 Å².